The van der Waals surface area contributed by atoms with E-state index in [2.05, 4.69) is 10.2 Å². The van der Waals surface area contributed by atoms with Crippen LogP contribution in [0.3, 0.4) is 0 Å². The highest BCUT2D eigenvalue weighted by atomic mass is 19.4. The van der Waals surface area contributed by atoms with Crippen molar-refractivity contribution in [2.45, 2.75) is 6.18 Å². The molecule has 2 heterocycles. The van der Waals surface area contributed by atoms with Gasteiger partial charge in [-0.05, 0) is 36.4 Å². The lowest BCUT2D eigenvalue weighted by Gasteiger charge is -2.36. The predicted octanol–water partition coefficient (Wildman–Crippen LogP) is 5.74. The first kappa shape index (κ1) is 21.8. The normalized spacial score (nSPS) is 15.4. The van der Waals surface area contributed by atoms with E-state index in [0.29, 0.717) is 43.4 Å². The minimum absolute atomic E-state index is 0.252. The van der Waals surface area contributed by atoms with Crippen molar-refractivity contribution in [1.82, 2.24) is 9.80 Å². The summed E-state index contributed by atoms with van der Waals surface area (Å²) in [6.45, 7) is 1.63. The van der Waals surface area contributed by atoms with E-state index in [4.69, 9.17) is 9.73 Å². The lowest BCUT2D eigenvalue weighted by atomic mass is 10.1. The second-order valence-electron chi connectivity index (χ2n) is 7.95. The van der Waals surface area contributed by atoms with Crippen molar-refractivity contribution in [3.05, 3.63) is 83.9 Å². The van der Waals surface area contributed by atoms with Gasteiger partial charge in [-0.25, -0.2) is 9.79 Å². The highest BCUT2D eigenvalue weighted by molar-refractivity contribution is 6.04. The van der Waals surface area contributed by atoms with Crippen molar-refractivity contribution in [1.29, 1.82) is 0 Å². The number of ether oxygens (including phenoxy) is 1. The van der Waals surface area contributed by atoms with Crippen LogP contribution in [0.2, 0.25) is 0 Å². The molecule has 3 aromatic carbocycles. The average molecular weight is 466 g/mol. The molecule has 2 amide bonds. The molecule has 0 bridgehead atoms. The van der Waals surface area contributed by atoms with E-state index in [1.807, 2.05) is 48.5 Å². The van der Waals surface area contributed by atoms with Gasteiger partial charge in [-0.3, -0.25) is 0 Å². The molecule has 0 atom stereocenters. The number of fused-ring (bicyclic) bond motifs is 2. The standard InChI is InChI=1S/C25H21F3N4O2/c26-25(27,28)18-8-2-3-9-19(18)30-24(33)32-15-13-31(14-16-32)23-17-7-1-5-11-21(17)34-22-12-6-4-10-20(22)29-23/h1-12H,13-16H2,(H,30,33). The number of nitrogens with one attached hydrogen (secondary N) is 1. The van der Waals surface area contributed by atoms with Gasteiger partial charge in [0.05, 0.1) is 16.8 Å². The Morgan fingerprint density at radius 1 is 0.853 bits per heavy atom. The van der Waals surface area contributed by atoms with Gasteiger partial charge in [-0.1, -0.05) is 36.4 Å². The van der Waals surface area contributed by atoms with E-state index in [-0.39, 0.29) is 5.69 Å². The maximum atomic E-state index is 13.3. The number of piperazine rings is 1. The zero-order valence-corrected chi connectivity index (χ0v) is 18.0. The Morgan fingerprint density at radius 2 is 1.50 bits per heavy atom. The number of rotatable bonds is 1. The fourth-order valence-corrected chi connectivity index (χ4v) is 4.06. The molecule has 0 unspecified atom stereocenters. The average Bonchev–Trinajstić information content (AvgIpc) is 3.00. The van der Waals surface area contributed by atoms with Gasteiger partial charge in [0.1, 0.15) is 17.3 Å². The fraction of sp³-hybridized carbons (Fsp3) is 0.200. The molecule has 1 fully saturated rings. The molecule has 0 aromatic heterocycles. The van der Waals surface area contributed by atoms with E-state index < -0.39 is 17.8 Å². The van der Waals surface area contributed by atoms with Gasteiger partial charge in [0.25, 0.3) is 0 Å². The Labute approximate surface area is 194 Å². The van der Waals surface area contributed by atoms with Gasteiger partial charge >= 0.3 is 12.2 Å². The summed E-state index contributed by atoms with van der Waals surface area (Å²) in [5.41, 5.74) is 0.427. The SMILES string of the molecule is O=C(Nc1ccccc1C(F)(F)F)N1CCN(C2=Nc3ccccc3Oc3ccccc32)CC1. The molecule has 0 radical (unpaired) electrons. The molecule has 1 N–H and O–H groups in total. The Bertz CT molecular complexity index is 1250. The van der Waals surface area contributed by atoms with Gasteiger partial charge < -0.3 is 19.9 Å². The molecule has 34 heavy (non-hydrogen) atoms. The predicted molar refractivity (Wildman–Crippen MR) is 123 cm³/mol. The number of hydrogen-bond acceptors (Lipinski definition) is 4. The monoisotopic (exact) mass is 466 g/mol. The minimum Gasteiger partial charge on any atom is -0.454 e. The third kappa shape index (κ3) is 4.28. The summed E-state index contributed by atoms with van der Waals surface area (Å²) in [5, 5.41) is 2.42. The van der Waals surface area contributed by atoms with Crippen LogP contribution in [0, 0.1) is 0 Å². The number of aliphatic imine (C=N–C) groups is 1. The molecule has 3 aromatic rings. The van der Waals surface area contributed by atoms with Gasteiger partial charge in [0.15, 0.2) is 5.75 Å². The number of para-hydroxylation sites is 4. The fourth-order valence-electron chi connectivity index (χ4n) is 4.06. The van der Waals surface area contributed by atoms with Crippen LogP contribution in [0.1, 0.15) is 11.1 Å². The molecule has 2 aliphatic rings. The molecule has 174 valence electrons. The number of hydrogen-bond donors (Lipinski definition) is 1. The second kappa shape index (κ2) is 8.74. The minimum atomic E-state index is -4.55. The maximum Gasteiger partial charge on any atom is 0.418 e. The first-order valence-corrected chi connectivity index (χ1v) is 10.8. The summed E-state index contributed by atoms with van der Waals surface area (Å²) in [5.74, 6) is 2.09. The number of benzene rings is 3. The first-order valence-electron chi connectivity index (χ1n) is 10.8. The van der Waals surface area contributed by atoms with Crippen LogP contribution in [-0.4, -0.2) is 47.8 Å². The highest BCUT2D eigenvalue weighted by Gasteiger charge is 2.34. The van der Waals surface area contributed by atoms with Crippen LogP contribution in [0.4, 0.5) is 29.3 Å². The number of urea groups is 1. The van der Waals surface area contributed by atoms with Crippen LogP contribution in [0.25, 0.3) is 0 Å². The van der Waals surface area contributed by atoms with Crippen LogP contribution >= 0.6 is 0 Å². The molecule has 9 heteroatoms. The smallest absolute Gasteiger partial charge is 0.418 e. The Balaban J connectivity index is 1.33. The number of carbonyl (C=O) groups excluding carboxylic acids is 1. The summed E-state index contributed by atoms with van der Waals surface area (Å²) in [6, 6.07) is 19.5. The Morgan fingerprint density at radius 3 is 2.26 bits per heavy atom. The van der Waals surface area contributed by atoms with Crippen molar-refractivity contribution in [2.24, 2.45) is 4.99 Å². The molecule has 1 saturated heterocycles. The van der Waals surface area contributed by atoms with Crippen LogP contribution in [0.5, 0.6) is 11.5 Å². The zero-order valence-electron chi connectivity index (χ0n) is 18.0. The summed E-state index contributed by atoms with van der Waals surface area (Å²) < 4.78 is 45.9. The van der Waals surface area contributed by atoms with Crippen molar-refractivity contribution in [2.75, 3.05) is 31.5 Å². The van der Waals surface area contributed by atoms with E-state index in [1.165, 1.54) is 23.1 Å². The lowest BCUT2D eigenvalue weighted by molar-refractivity contribution is -0.136. The topological polar surface area (TPSA) is 57.2 Å². The summed E-state index contributed by atoms with van der Waals surface area (Å²) in [4.78, 5) is 21.2. The molecule has 6 nitrogen and oxygen atoms in total. The number of alkyl halides is 3. The van der Waals surface area contributed by atoms with Gasteiger partial charge in [0, 0.05) is 26.2 Å². The van der Waals surface area contributed by atoms with Crippen molar-refractivity contribution in [3.63, 3.8) is 0 Å². The van der Waals surface area contributed by atoms with Crippen LogP contribution in [-0.2, 0) is 6.18 Å². The van der Waals surface area contributed by atoms with Crippen molar-refractivity contribution < 1.29 is 22.7 Å². The van der Waals surface area contributed by atoms with Gasteiger partial charge in [0.2, 0.25) is 0 Å². The Kier molecular flexibility index (Phi) is 5.61. The van der Waals surface area contributed by atoms with E-state index >= 15 is 0 Å². The second-order valence-corrected chi connectivity index (χ2v) is 7.95. The largest absolute Gasteiger partial charge is 0.454 e. The molecular formula is C25H21F3N4O2. The number of nitrogens with zero attached hydrogens (tertiary/aromatic N) is 3. The molecular weight excluding hydrogens is 445 g/mol. The molecule has 0 saturated carbocycles. The quantitative estimate of drug-likeness (QED) is 0.498. The molecule has 5 rings (SSSR count). The number of carbonyl (C=O) groups is 1. The third-order valence-electron chi connectivity index (χ3n) is 5.78. The zero-order chi connectivity index (χ0) is 23.7. The maximum absolute atomic E-state index is 13.3. The first-order chi connectivity index (χ1) is 16.4. The van der Waals surface area contributed by atoms with Gasteiger partial charge in [-0.15, -0.1) is 0 Å². The molecule has 0 aliphatic carbocycles. The van der Waals surface area contributed by atoms with E-state index in [1.54, 1.807) is 0 Å². The summed E-state index contributed by atoms with van der Waals surface area (Å²) in [7, 11) is 0. The van der Waals surface area contributed by atoms with Crippen molar-refractivity contribution in [3.8, 4) is 11.5 Å². The van der Waals surface area contributed by atoms with Crippen LogP contribution in [0.15, 0.2) is 77.8 Å². The molecule has 0 spiro atoms. The Hall–Kier alpha value is -4.01. The molecule has 2 aliphatic heterocycles. The summed E-state index contributed by atoms with van der Waals surface area (Å²) in [6.07, 6.45) is -4.55. The number of amides is 2. The van der Waals surface area contributed by atoms with E-state index in [9.17, 15) is 18.0 Å². The third-order valence-corrected chi connectivity index (χ3v) is 5.78. The highest BCUT2D eigenvalue weighted by Crippen LogP contribution is 2.38. The summed E-state index contributed by atoms with van der Waals surface area (Å²) >= 11 is 0. The van der Waals surface area contributed by atoms with E-state index in [0.717, 1.165) is 17.5 Å². The number of amidine groups is 1. The number of anilines is 1. The number of halogens is 3. The van der Waals surface area contributed by atoms with Gasteiger partial charge in [-0.2, -0.15) is 13.2 Å². The lowest BCUT2D eigenvalue weighted by Crippen LogP contribution is -2.52. The van der Waals surface area contributed by atoms with Crippen LogP contribution < -0.4 is 10.1 Å². The van der Waals surface area contributed by atoms with Crippen molar-refractivity contribution >= 4 is 23.2 Å².